The molecule has 0 saturated carbocycles. The van der Waals surface area contributed by atoms with Gasteiger partial charge in [-0.15, -0.1) is 0 Å². The van der Waals surface area contributed by atoms with Crippen molar-refractivity contribution in [3.8, 4) is 5.75 Å². The SMILES string of the molecule is Fc1cc(Cl)ccc1COc1cccc(C=NNc2ccccc2)c1. The van der Waals surface area contributed by atoms with Crippen molar-refractivity contribution in [3.63, 3.8) is 0 Å². The number of nitrogens with one attached hydrogen (secondary N) is 1. The molecule has 0 aliphatic heterocycles. The number of nitrogens with zero attached hydrogens (tertiary/aromatic N) is 1. The van der Waals surface area contributed by atoms with Crippen molar-refractivity contribution < 1.29 is 9.13 Å². The van der Waals surface area contributed by atoms with Crippen LogP contribution in [-0.2, 0) is 6.61 Å². The molecule has 0 unspecified atom stereocenters. The smallest absolute Gasteiger partial charge is 0.131 e. The largest absolute Gasteiger partial charge is 0.489 e. The maximum absolute atomic E-state index is 13.8. The van der Waals surface area contributed by atoms with Crippen LogP contribution in [0, 0.1) is 5.82 Å². The molecule has 0 radical (unpaired) electrons. The van der Waals surface area contributed by atoms with E-state index in [-0.39, 0.29) is 12.4 Å². The van der Waals surface area contributed by atoms with Crippen molar-refractivity contribution in [1.82, 2.24) is 0 Å². The van der Waals surface area contributed by atoms with Crippen LogP contribution in [-0.4, -0.2) is 6.21 Å². The first-order chi connectivity index (χ1) is 12.2. The van der Waals surface area contributed by atoms with Gasteiger partial charge in [0.1, 0.15) is 18.2 Å². The van der Waals surface area contributed by atoms with Crippen LogP contribution in [0.2, 0.25) is 5.02 Å². The van der Waals surface area contributed by atoms with Crippen molar-refractivity contribution in [3.05, 3.63) is 94.8 Å². The van der Waals surface area contributed by atoms with Crippen molar-refractivity contribution in [2.24, 2.45) is 5.10 Å². The number of ether oxygens (including phenoxy) is 1. The van der Waals surface area contributed by atoms with Gasteiger partial charge in [-0.3, -0.25) is 5.43 Å². The number of hydrogen-bond donors (Lipinski definition) is 1. The average molecular weight is 355 g/mol. The molecule has 0 amide bonds. The van der Waals surface area contributed by atoms with E-state index in [1.54, 1.807) is 18.3 Å². The lowest BCUT2D eigenvalue weighted by atomic mass is 10.2. The second kappa shape index (κ2) is 8.31. The predicted octanol–water partition coefficient (Wildman–Crippen LogP) is 5.50. The van der Waals surface area contributed by atoms with E-state index in [0.717, 1.165) is 11.3 Å². The molecule has 0 saturated heterocycles. The second-order valence-electron chi connectivity index (χ2n) is 5.33. The quantitative estimate of drug-likeness (QED) is 0.468. The van der Waals surface area contributed by atoms with Crippen LogP contribution >= 0.6 is 11.6 Å². The van der Waals surface area contributed by atoms with Crippen molar-refractivity contribution in [1.29, 1.82) is 0 Å². The number of halogens is 2. The van der Waals surface area contributed by atoms with Crippen molar-refractivity contribution in [2.45, 2.75) is 6.61 Å². The van der Waals surface area contributed by atoms with E-state index >= 15 is 0 Å². The number of hydrogen-bond acceptors (Lipinski definition) is 3. The molecule has 25 heavy (non-hydrogen) atoms. The van der Waals surface area contributed by atoms with Gasteiger partial charge in [0.25, 0.3) is 0 Å². The van der Waals surface area contributed by atoms with E-state index in [0.29, 0.717) is 16.3 Å². The fraction of sp³-hybridized carbons (Fsp3) is 0.0500. The normalized spacial score (nSPS) is 10.8. The Bertz CT molecular complexity index is 869. The molecule has 5 heteroatoms. The Morgan fingerprint density at radius 2 is 1.84 bits per heavy atom. The summed E-state index contributed by atoms with van der Waals surface area (Å²) in [6.07, 6.45) is 1.70. The Morgan fingerprint density at radius 1 is 1.00 bits per heavy atom. The van der Waals surface area contributed by atoms with Crippen LogP contribution in [0.25, 0.3) is 0 Å². The molecule has 0 aromatic heterocycles. The Balaban J connectivity index is 1.61. The van der Waals surface area contributed by atoms with Gasteiger partial charge in [0.2, 0.25) is 0 Å². The summed E-state index contributed by atoms with van der Waals surface area (Å²) in [5, 5.41) is 4.56. The summed E-state index contributed by atoms with van der Waals surface area (Å²) in [6, 6.07) is 21.6. The van der Waals surface area contributed by atoms with Crippen LogP contribution in [0.15, 0.2) is 77.9 Å². The number of anilines is 1. The average Bonchev–Trinajstić information content (AvgIpc) is 2.62. The van der Waals surface area contributed by atoms with Gasteiger partial charge in [0.05, 0.1) is 11.9 Å². The van der Waals surface area contributed by atoms with E-state index < -0.39 is 0 Å². The van der Waals surface area contributed by atoms with Gasteiger partial charge in [-0.25, -0.2) is 4.39 Å². The minimum atomic E-state index is -0.378. The zero-order valence-electron chi connectivity index (χ0n) is 13.3. The van der Waals surface area contributed by atoms with Crippen LogP contribution in [0.3, 0.4) is 0 Å². The third-order valence-corrected chi connectivity index (χ3v) is 3.68. The second-order valence-corrected chi connectivity index (χ2v) is 5.77. The van der Waals surface area contributed by atoms with E-state index in [4.69, 9.17) is 16.3 Å². The maximum atomic E-state index is 13.8. The summed E-state index contributed by atoms with van der Waals surface area (Å²) in [4.78, 5) is 0. The third kappa shape index (κ3) is 5.06. The minimum absolute atomic E-state index is 0.131. The van der Waals surface area contributed by atoms with Gasteiger partial charge in [-0.1, -0.05) is 48.0 Å². The summed E-state index contributed by atoms with van der Waals surface area (Å²) in [7, 11) is 0. The standard InChI is InChI=1S/C20H16ClFN2O/c21-17-10-9-16(20(22)12-17)14-25-19-8-4-5-15(11-19)13-23-24-18-6-2-1-3-7-18/h1-13,24H,14H2. The molecule has 0 bridgehead atoms. The topological polar surface area (TPSA) is 33.6 Å². The molecule has 0 heterocycles. The summed E-state index contributed by atoms with van der Waals surface area (Å²) in [5.41, 5.74) is 5.18. The zero-order valence-corrected chi connectivity index (χ0v) is 14.1. The van der Waals surface area contributed by atoms with Gasteiger partial charge in [-0.2, -0.15) is 5.10 Å². The fourth-order valence-electron chi connectivity index (χ4n) is 2.18. The maximum Gasteiger partial charge on any atom is 0.131 e. The van der Waals surface area contributed by atoms with Gasteiger partial charge >= 0.3 is 0 Å². The lowest BCUT2D eigenvalue weighted by molar-refractivity contribution is 0.300. The van der Waals surface area contributed by atoms with Gasteiger partial charge in [0.15, 0.2) is 0 Å². The molecule has 1 N–H and O–H groups in total. The van der Waals surface area contributed by atoms with Gasteiger partial charge in [-0.05, 0) is 42.0 Å². The monoisotopic (exact) mass is 354 g/mol. The Kier molecular flexibility index (Phi) is 5.65. The molecule has 3 rings (SSSR count). The number of para-hydroxylation sites is 1. The molecule has 3 nitrogen and oxygen atoms in total. The molecule has 0 aliphatic rings. The molecule has 0 aliphatic carbocycles. The molecular weight excluding hydrogens is 339 g/mol. The first kappa shape index (κ1) is 17.0. The molecular formula is C20H16ClFN2O. The lowest BCUT2D eigenvalue weighted by Crippen LogP contribution is -1.99. The highest BCUT2D eigenvalue weighted by Gasteiger charge is 2.04. The molecule has 0 spiro atoms. The molecule has 0 fully saturated rings. The summed E-state index contributed by atoms with van der Waals surface area (Å²) >= 11 is 5.75. The number of rotatable bonds is 6. The van der Waals surface area contributed by atoms with Crippen LogP contribution in [0.5, 0.6) is 5.75 Å². The fourth-order valence-corrected chi connectivity index (χ4v) is 2.34. The number of benzene rings is 3. The third-order valence-electron chi connectivity index (χ3n) is 3.45. The van der Waals surface area contributed by atoms with E-state index in [1.807, 2.05) is 54.6 Å². The molecule has 3 aromatic carbocycles. The molecule has 3 aromatic rings. The summed E-state index contributed by atoms with van der Waals surface area (Å²) < 4.78 is 19.4. The van der Waals surface area contributed by atoms with E-state index in [9.17, 15) is 4.39 Å². The van der Waals surface area contributed by atoms with Gasteiger partial charge < -0.3 is 4.74 Å². The Morgan fingerprint density at radius 3 is 2.64 bits per heavy atom. The summed E-state index contributed by atoms with van der Waals surface area (Å²) in [6.45, 7) is 0.131. The van der Waals surface area contributed by atoms with Crippen molar-refractivity contribution >= 4 is 23.5 Å². The lowest BCUT2D eigenvalue weighted by Gasteiger charge is -2.08. The Hall–Kier alpha value is -2.85. The van der Waals surface area contributed by atoms with Crippen LogP contribution in [0.4, 0.5) is 10.1 Å². The summed E-state index contributed by atoms with van der Waals surface area (Å²) in [5.74, 6) is 0.260. The predicted molar refractivity (Wildman–Crippen MR) is 99.8 cm³/mol. The van der Waals surface area contributed by atoms with Gasteiger partial charge in [0, 0.05) is 10.6 Å². The molecule has 0 atom stereocenters. The Labute approximate surface area is 150 Å². The van der Waals surface area contributed by atoms with Crippen LogP contribution < -0.4 is 10.2 Å². The van der Waals surface area contributed by atoms with Crippen molar-refractivity contribution in [2.75, 3.05) is 5.43 Å². The first-order valence-corrected chi connectivity index (χ1v) is 8.09. The highest BCUT2D eigenvalue weighted by molar-refractivity contribution is 6.30. The zero-order chi connectivity index (χ0) is 17.5. The minimum Gasteiger partial charge on any atom is -0.489 e. The molecule has 126 valence electrons. The highest BCUT2D eigenvalue weighted by atomic mass is 35.5. The first-order valence-electron chi connectivity index (χ1n) is 7.71. The van der Waals surface area contributed by atoms with Crippen LogP contribution in [0.1, 0.15) is 11.1 Å². The van der Waals surface area contributed by atoms with E-state index in [1.165, 1.54) is 6.07 Å². The van der Waals surface area contributed by atoms with E-state index in [2.05, 4.69) is 10.5 Å². The number of hydrazone groups is 1. The highest BCUT2D eigenvalue weighted by Crippen LogP contribution is 2.18.